The van der Waals surface area contributed by atoms with Crippen molar-refractivity contribution in [2.24, 2.45) is 4.99 Å². The molecule has 0 radical (unpaired) electrons. The molecule has 0 aliphatic carbocycles. The van der Waals surface area contributed by atoms with Crippen LogP contribution in [0.15, 0.2) is 35.0 Å². The van der Waals surface area contributed by atoms with E-state index >= 15 is 0 Å². The summed E-state index contributed by atoms with van der Waals surface area (Å²) >= 11 is 6.35. The smallest absolute Gasteiger partial charge is 0.258 e. The van der Waals surface area contributed by atoms with Gasteiger partial charge in [0.25, 0.3) is 5.91 Å². The van der Waals surface area contributed by atoms with E-state index < -0.39 is 5.82 Å². The number of fused-ring (bicyclic) bond motifs is 3. The molecule has 0 bridgehead atoms. The Hall–Kier alpha value is -3.30. The van der Waals surface area contributed by atoms with Gasteiger partial charge in [0.05, 0.1) is 47.4 Å². The third kappa shape index (κ3) is 4.58. The summed E-state index contributed by atoms with van der Waals surface area (Å²) in [5, 5.41) is 5.24. The van der Waals surface area contributed by atoms with Gasteiger partial charge in [0.1, 0.15) is 11.6 Å². The molecule has 1 atom stereocenters. The number of ether oxygens (including phenoxy) is 1. The molecule has 1 amide bonds. The lowest BCUT2D eigenvalue weighted by atomic mass is 10.0. The molecule has 2 aromatic heterocycles. The minimum atomic E-state index is -0.443. The van der Waals surface area contributed by atoms with Crippen molar-refractivity contribution in [3.05, 3.63) is 69.0 Å². The Labute approximate surface area is 225 Å². The lowest BCUT2D eigenvalue weighted by Crippen LogP contribution is -2.35. The molecule has 0 spiro atoms. The predicted molar refractivity (Wildman–Crippen MR) is 143 cm³/mol. The molecule has 3 aliphatic heterocycles. The molecule has 3 aromatic rings. The van der Waals surface area contributed by atoms with Gasteiger partial charge in [0.2, 0.25) is 0 Å². The summed E-state index contributed by atoms with van der Waals surface area (Å²) in [6.07, 6.45) is 7.99. The standard InChI is InChI=1S/C28H30ClFN6O2/c1-17-26(29)18(2)36-27(32-17)23-15-35(16-24(23)33-36)28(37)22-6-5-20(30)12-25(22)38-10-7-19-11-21(14-31-13-19)34-8-3-4-9-34/h5-6,12-14,21H,3-4,7-11,15-16H2,1-2H3. The van der Waals surface area contributed by atoms with Crippen molar-refractivity contribution in [2.45, 2.75) is 58.7 Å². The number of hydrogen-bond acceptors (Lipinski definition) is 6. The summed E-state index contributed by atoms with van der Waals surface area (Å²) in [5.74, 6) is -0.419. The lowest BCUT2D eigenvalue weighted by Gasteiger charge is -2.27. The van der Waals surface area contributed by atoms with E-state index in [1.165, 1.54) is 36.6 Å². The van der Waals surface area contributed by atoms with E-state index in [2.05, 4.69) is 20.0 Å². The number of carbonyl (C=O) groups excluding carboxylic acids is 1. The van der Waals surface area contributed by atoms with E-state index in [4.69, 9.17) is 16.3 Å². The number of likely N-dealkylation sites (tertiary alicyclic amines) is 1. The van der Waals surface area contributed by atoms with Crippen LogP contribution in [0.4, 0.5) is 4.39 Å². The van der Waals surface area contributed by atoms with Crippen LogP contribution in [0.25, 0.3) is 5.65 Å². The van der Waals surface area contributed by atoms with Crippen LogP contribution in [0.2, 0.25) is 5.02 Å². The quantitative estimate of drug-likeness (QED) is 0.448. The Bertz CT molecular complexity index is 1480. The molecule has 10 heteroatoms. The van der Waals surface area contributed by atoms with Gasteiger partial charge in [-0.25, -0.2) is 13.9 Å². The fraction of sp³-hybridized carbons (Fsp3) is 0.429. The summed E-state index contributed by atoms with van der Waals surface area (Å²) in [6.45, 7) is 7.04. The van der Waals surface area contributed by atoms with E-state index in [0.29, 0.717) is 48.4 Å². The van der Waals surface area contributed by atoms with E-state index in [1.807, 2.05) is 26.3 Å². The molecule has 8 nitrogen and oxygen atoms in total. The van der Waals surface area contributed by atoms with Crippen molar-refractivity contribution in [2.75, 3.05) is 19.7 Å². The topological polar surface area (TPSA) is 75.3 Å². The number of hydrogen-bond donors (Lipinski definition) is 0. The van der Waals surface area contributed by atoms with E-state index in [-0.39, 0.29) is 11.7 Å². The van der Waals surface area contributed by atoms with Crippen LogP contribution < -0.4 is 4.74 Å². The van der Waals surface area contributed by atoms with Gasteiger partial charge < -0.3 is 9.64 Å². The molecule has 1 aromatic carbocycles. The maximum atomic E-state index is 14.2. The first kappa shape index (κ1) is 25.0. The molecule has 1 saturated heterocycles. The number of carbonyl (C=O) groups is 1. The highest BCUT2D eigenvalue weighted by Gasteiger charge is 2.32. The van der Waals surface area contributed by atoms with Crippen LogP contribution in [0.3, 0.4) is 0 Å². The van der Waals surface area contributed by atoms with E-state index in [9.17, 15) is 9.18 Å². The molecule has 3 aliphatic rings. The van der Waals surface area contributed by atoms with Gasteiger partial charge in [-0.05, 0) is 63.9 Å². The summed E-state index contributed by atoms with van der Waals surface area (Å²) < 4.78 is 21.9. The average Bonchev–Trinajstić information content (AvgIpc) is 3.65. The van der Waals surface area contributed by atoms with Gasteiger partial charge in [0, 0.05) is 36.5 Å². The molecule has 6 rings (SSSR count). The Morgan fingerprint density at radius 3 is 2.84 bits per heavy atom. The van der Waals surface area contributed by atoms with Gasteiger partial charge in [-0.1, -0.05) is 11.6 Å². The van der Waals surface area contributed by atoms with E-state index in [0.717, 1.165) is 42.2 Å². The average molecular weight is 537 g/mol. The van der Waals surface area contributed by atoms with Gasteiger partial charge in [-0.2, -0.15) is 5.10 Å². The molecular weight excluding hydrogens is 507 g/mol. The monoisotopic (exact) mass is 536 g/mol. The predicted octanol–water partition coefficient (Wildman–Crippen LogP) is 4.89. The van der Waals surface area contributed by atoms with Crippen LogP contribution in [0, 0.1) is 19.7 Å². The van der Waals surface area contributed by atoms with Gasteiger partial charge >= 0.3 is 0 Å². The van der Waals surface area contributed by atoms with Gasteiger partial charge in [-0.3, -0.25) is 14.7 Å². The fourth-order valence-corrected chi connectivity index (χ4v) is 5.72. The first-order valence-electron chi connectivity index (χ1n) is 13.1. The van der Waals surface area contributed by atoms with Crippen LogP contribution in [0.5, 0.6) is 5.75 Å². The molecule has 198 valence electrons. The molecule has 0 saturated carbocycles. The summed E-state index contributed by atoms with van der Waals surface area (Å²) in [5.41, 5.74) is 5.49. The van der Waals surface area contributed by atoms with Gasteiger partial charge in [0.15, 0.2) is 5.65 Å². The first-order valence-corrected chi connectivity index (χ1v) is 13.5. The lowest BCUT2D eigenvalue weighted by molar-refractivity contribution is 0.0745. The second kappa shape index (κ2) is 10.1. The maximum Gasteiger partial charge on any atom is 0.258 e. The normalized spacial score (nSPS) is 19.3. The zero-order valence-electron chi connectivity index (χ0n) is 21.6. The van der Waals surface area contributed by atoms with Crippen molar-refractivity contribution in [3.8, 4) is 5.75 Å². The zero-order chi connectivity index (χ0) is 26.4. The van der Waals surface area contributed by atoms with Crippen LogP contribution >= 0.6 is 11.6 Å². The molecule has 0 N–H and O–H groups in total. The molecule has 5 heterocycles. The largest absolute Gasteiger partial charge is 0.492 e. The van der Waals surface area contributed by atoms with Crippen molar-refractivity contribution >= 4 is 29.4 Å². The number of rotatable bonds is 6. The highest BCUT2D eigenvalue weighted by molar-refractivity contribution is 6.31. The van der Waals surface area contributed by atoms with Crippen molar-refractivity contribution in [3.63, 3.8) is 0 Å². The first-order chi connectivity index (χ1) is 18.4. The highest BCUT2D eigenvalue weighted by Crippen LogP contribution is 2.32. The molecule has 38 heavy (non-hydrogen) atoms. The number of nitrogens with zero attached hydrogens (tertiary/aromatic N) is 6. The summed E-state index contributed by atoms with van der Waals surface area (Å²) in [7, 11) is 0. The maximum absolute atomic E-state index is 14.2. The molecule has 1 fully saturated rings. The SMILES string of the molecule is Cc1nc2c3c(nn2c(C)c1Cl)CN(C(=O)c1ccc(F)cc1OCCC1=CN=CC(N2CCCC2)C1)C3. The zero-order valence-corrected chi connectivity index (χ0v) is 22.3. The van der Waals surface area contributed by atoms with Crippen molar-refractivity contribution in [1.82, 2.24) is 24.4 Å². The number of aryl methyl sites for hydroxylation is 2. The van der Waals surface area contributed by atoms with Crippen molar-refractivity contribution < 1.29 is 13.9 Å². The third-order valence-electron chi connectivity index (χ3n) is 7.69. The van der Waals surface area contributed by atoms with Crippen LogP contribution in [-0.2, 0) is 13.1 Å². The van der Waals surface area contributed by atoms with Gasteiger partial charge in [-0.15, -0.1) is 0 Å². The number of amides is 1. The molecule has 1 unspecified atom stereocenters. The summed E-state index contributed by atoms with van der Waals surface area (Å²) in [6, 6.07) is 4.41. The van der Waals surface area contributed by atoms with Crippen LogP contribution in [-0.4, -0.2) is 62.3 Å². The Morgan fingerprint density at radius 2 is 2.03 bits per heavy atom. The Morgan fingerprint density at radius 1 is 1.21 bits per heavy atom. The molecular formula is C28H30ClFN6O2. The number of benzene rings is 1. The Balaban J connectivity index is 1.14. The fourth-order valence-electron chi connectivity index (χ4n) is 5.60. The van der Waals surface area contributed by atoms with E-state index in [1.54, 1.807) is 9.42 Å². The highest BCUT2D eigenvalue weighted by atomic mass is 35.5. The van der Waals surface area contributed by atoms with Crippen molar-refractivity contribution in [1.29, 1.82) is 0 Å². The second-order valence-corrected chi connectivity index (χ2v) is 10.6. The van der Waals surface area contributed by atoms with Crippen LogP contribution in [0.1, 0.15) is 58.7 Å². The summed E-state index contributed by atoms with van der Waals surface area (Å²) in [4.78, 5) is 26.8. The minimum Gasteiger partial charge on any atom is -0.492 e. The second-order valence-electron chi connectivity index (χ2n) is 10.3. The number of halogens is 2. The Kier molecular flexibility index (Phi) is 6.65. The number of aliphatic imine (C=N–C) groups is 1. The minimum absolute atomic E-state index is 0.228. The number of aromatic nitrogens is 3. The third-order valence-corrected chi connectivity index (χ3v) is 8.24.